The Labute approximate surface area is 147 Å². The van der Waals surface area contributed by atoms with E-state index in [0.717, 1.165) is 56.8 Å². The molecule has 0 bridgehead atoms. The minimum atomic E-state index is 0.00629. The Kier molecular flexibility index (Phi) is 5.90. The molecular formula is C18H24N4O3. The predicted molar refractivity (Wildman–Crippen MR) is 93.2 cm³/mol. The van der Waals surface area contributed by atoms with Gasteiger partial charge in [0.1, 0.15) is 12.0 Å². The number of carbonyl (C=O) groups excluding carboxylic acids is 1. The number of carbonyl (C=O) groups is 1. The molecule has 7 nitrogen and oxygen atoms in total. The molecule has 1 aliphatic heterocycles. The number of benzene rings is 1. The maximum Gasteiger partial charge on any atom is 0.317 e. The Balaban J connectivity index is 1.32. The average Bonchev–Trinajstić information content (AvgIpc) is 3.14. The van der Waals surface area contributed by atoms with Crippen LogP contribution in [-0.2, 0) is 13.0 Å². The molecular weight excluding hydrogens is 320 g/mol. The number of aromatic nitrogens is 1. The zero-order valence-electron chi connectivity index (χ0n) is 14.2. The molecule has 2 N–H and O–H groups in total. The minimum Gasteiger partial charge on any atom is -0.508 e. The Bertz CT molecular complexity index is 649. The standard InChI is InChI=1S/C18H24N4O3/c23-17-5-3-15(4-6-17)2-1-8-19-18(24)22-11-9-21(10-12-22)14-16-7-13-25-20-16/h3-7,13,23H,1-2,8-12,14H2,(H,19,24). The number of phenolic OH excluding ortho intramolecular Hbond substituents is 1. The number of nitrogens with zero attached hydrogens (tertiary/aromatic N) is 3. The number of amides is 2. The van der Waals surface area contributed by atoms with E-state index in [4.69, 9.17) is 4.52 Å². The molecule has 1 aromatic carbocycles. The predicted octanol–water partition coefficient (Wildman–Crippen LogP) is 1.84. The summed E-state index contributed by atoms with van der Waals surface area (Å²) in [7, 11) is 0. The van der Waals surface area contributed by atoms with Crippen LogP contribution in [0.1, 0.15) is 17.7 Å². The van der Waals surface area contributed by atoms with Gasteiger partial charge in [0, 0.05) is 45.3 Å². The molecule has 1 saturated heterocycles. The van der Waals surface area contributed by atoms with E-state index < -0.39 is 0 Å². The minimum absolute atomic E-state index is 0.00629. The lowest BCUT2D eigenvalue weighted by Crippen LogP contribution is -2.51. The van der Waals surface area contributed by atoms with Crippen molar-refractivity contribution in [1.82, 2.24) is 20.3 Å². The van der Waals surface area contributed by atoms with Gasteiger partial charge in [0.15, 0.2) is 0 Å². The molecule has 0 radical (unpaired) electrons. The molecule has 0 aliphatic carbocycles. The van der Waals surface area contributed by atoms with E-state index in [2.05, 4.69) is 15.4 Å². The van der Waals surface area contributed by atoms with Crippen molar-refractivity contribution >= 4 is 6.03 Å². The zero-order valence-corrected chi connectivity index (χ0v) is 14.2. The van der Waals surface area contributed by atoms with Gasteiger partial charge in [0.25, 0.3) is 0 Å². The molecule has 3 rings (SSSR count). The molecule has 1 aliphatic rings. The van der Waals surface area contributed by atoms with Crippen LogP contribution in [0.25, 0.3) is 0 Å². The molecule has 25 heavy (non-hydrogen) atoms. The highest BCUT2D eigenvalue weighted by atomic mass is 16.5. The van der Waals surface area contributed by atoms with Gasteiger partial charge < -0.3 is 19.8 Å². The third-order valence-electron chi connectivity index (χ3n) is 4.39. The number of hydrogen-bond donors (Lipinski definition) is 2. The molecule has 2 heterocycles. The van der Waals surface area contributed by atoms with Gasteiger partial charge in [0.2, 0.25) is 0 Å². The second-order valence-electron chi connectivity index (χ2n) is 6.26. The highest BCUT2D eigenvalue weighted by molar-refractivity contribution is 5.74. The van der Waals surface area contributed by atoms with Gasteiger partial charge in [-0.05, 0) is 30.5 Å². The molecule has 0 saturated carbocycles. The summed E-state index contributed by atoms with van der Waals surface area (Å²) >= 11 is 0. The first-order valence-electron chi connectivity index (χ1n) is 8.63. The Morgan fingerprint density at radius 1 is 1.16 bits per heavy atom. The van der Waals surface area contributed by atoms with Crippen LogP contribution in [0.2, 0.25) is 0 Å². The van der Waals surface area contributed by atoms with Crippen molar-refractivity contribution in [2.45, 2.75) is 19.4 Å². The highest BCUT2D eigenvalue weighted by Crippen LogP contribution is 2.11. The summed E-state index contributed by atoms with van der Waals surface area (Å²) in [5.74, 6) is 0.278. The van der Waals surface area contributed by atoms with Crippen LogP contribution in [-0.4, -0.2) is 58.8 Å². The molecule has 1 fully saturated rings. The first-order chi connectivity index (χ1) is 12.2. The number of aromatic hydroxyl groups is 1. The quantitative estimate of drug-likeness (QED) is 0.782. The normalized spacial score (nSPS) is 15.3. The maximum absolute atomic E-state index is 12.2. The summed E-state index contributed by atoms with van der Waals surface area (Å²) in [5, 5.41) is 16.2. The molecule has 0 unspecified atom stereocenters. The van der Waals surface area contributed by atoms with Gasteiger partial charge in [-0.2, -0.15) is 0 Å². The summed E-state index contributed by atoms with van der Waals surface area (Å²) in [4.78, 5) is 16.3. The second-order valence-corrected chi connectivity index (χ2v) is 6.26. The number of phenols is 1. The summed E-state index contributed by atoms with van der Waals surface area (Å²) in [6, 6.07) is 9.06. The van der Waals surface area contributed by atoms with E-state index in [-0.39, 0.29) is 11.8 Å². The summed E-state index contributed by atoms with van der Waals surface area (Å²) < 4.78 is 4.84. The molecule has 0 spiro atoms. The number of piperazine rings is 1. The Morgan fingerprint density at radius 2 is 1.92 bits per heavy atom. The fourth-order valence-electron chi connectivity index (χ4n) is 2.92. The van der Waals surface area contributed by atoms with Crippen LogP contribution in [0.5, 0.6) is 5.75 Å². The lowest BCUT2D eigenvalue weighted by Gasteiger charge is -2.34. The van der Waals surface area contributed by atoms with E-state index in [1.165, 1.54) is 0 Å². The number of urea groups is 1. The summed E-state index contributed by atoms with van der Waals surface area (Å²) in [6.45, 7) is 4.54. The van der Waals surface area contributed by atoms with Crippen LogP contribution in [0.15, 0.2) is 41.1 Å². The second kappa shape index (κ2) is 8.53. The van der Waals surface area contributed by atoms with Crippen molar-refractivity contribution in [2.75, 3.05) is 32.7 Å². The van der Waals surface area contributed by atoms with Crippen LogP contribution >= 0.6 is 0 Å². The molecule has 134 valence electrons. The maximum atomic E-state index is 12.2. The molecule has 2 aromatic rings. The molecule has 7 heteroatoms. The van der Waals surface area contributed by atoms with Gasteiger partial charge in [-0.15, -0.1) is 0 Å². The molecule has 0 atom stereocenters. The van der Waals surface area contributed by atoms with Crippen LogP contribution in [0, 0.1) is 0 Å². The SMILES string of the molecule is O=C(NCCCc1ccc(O)cc1)N1CCN(Cc2ccon2)CC1. The zero-order chi connectivity index (χ0) is 17.5. The number of rotatable bonds is 6. The van der Waals surface area contributed by atoms with Gasteiger partial charge in [-0.3, -0.25) is 4.90 Å². The highest BCUT2D eigenvalue weighted by Gasteiger charge is 2.21. The van der Waals surface area contributed by atoms with Crippen LogP contribution < -0.4 is 5.32 Å². The lowest BCUT2D eigenvalue weighted by molar-refractivity contribution is 0.133. The van der Waals surface area contributed by atoms with Crippen molar-refractivity contribution < 1.29 is 14.4 Å². The van der Waals surface area contributed by atoms with Crippen LogP contribution in [0.4, 0.5) is 4.79 Å². The van der Waals surface area contributed by atoms with E-state index in [9.17, 15) is 9.90 Å². The van der Waals surface area contributed by atoms with Gasteiger partial charge in [0.05, 0.1) is 5.69 Å². The van der Waals surface area contributed by atoms with Crippen molar-refractivity contribution in [2.24, 2.45) is 0 Å². The first-order valence-corrected chi connectivity index (χ1v) is 8.63. The molecule has 2 amide bonds. The number of hydrogen-bond acceptors (Lipinski definition) is 5. The first kappa shape index (κ1) is 17.3. The third kappa shape index (κ3) is 5.22. The largest absolute Gasteiger partial charge is 0.508 e. The van der Waals surface area contributed by atoms with Crippen molar-refractivity contribution in [1.29, 1.82) is 0 Å². The van der Waals surface area contributed by atoms with E-state index in [1.54, 1.807) is 18.4 Å². The van der Waals surface area contributed by atoms with E-state index in [0.29, 0.717) is 6.54 Å². The average molecular weight is 344 g/mol. The van der Waals surface area contributed by atoms with Gasteiger partial charge in [-0.25, -0.2) is 4.79 Å². The Hall–Kier alpha value is -2.54. The summed E-state index contributed by atoms with van der Waals surface area (Å²) in [5.41, 5.74) is 2.08. The topological polar surface area (TPSA) is 81.8 Å². The third-order valence-corrected chi connectivity index (χ3v) is 4.39. The van der Waals surface area contributed by atoms with Crippen molar-refractivity contribution in [3.05, 3.63) is 47.9 Å². The van der Waals surface area contributed by atoms with Crippen molar-refractivity contribution in [3.63, 3.8) is 0 Å². The fourth-order valence-corrected chi connectivity index (χ4v) is 2.92. The number of aryl methyl sites for hydroxylation is 1. The number of nitrogens with one attached hydrogen (secondary N) is 1. The Morgan fingerprint density at radius 3 is 2.60 bits per heavy atom. The smallest absolute Gasteiger partial charge is 0.317 e. The monoisotopic (exact) mass is 344 g/mol. The van der Waals surface area contributed by atoms with Crippen molar-refractivity contribution in [3.8, 4) is 5.75 Å². The molecule has 1 aromatic heterocycles. The van der Waals surface area contributed by atoms with E-state index >= 15 is 0 Å². The van der Waals surface area contributed by atoms with Gasteiger partial charge >= 0.3 is 6.03 Å². The summed E-state index contributed by atoms with van der Waals surface area (Å²) in [6.07, 6.45) is 3.34. The fraction of sp³-hybridized carbons (Fsp3) is 0.444. The van der Waals surface area contributed by atoms with Gasteiger partial charge in [-0.1, -0.05) is 17.3 Å². The lowest BCUT2D eigenvalue weighted by atomic mass is 10.1. The van der Waals surface area contributed by atoms with E-state index in [1.807, 2.05) is 23.1 Å². The van der Waals surface area contributed by atoms with Crippen LogP contribution in [0.3, 0.4) is 0 Å².